The fourth-order valence-electron chi connectivity index (χ4n) is 2.65. The van der Waals surface area contributed by atoms with E-state index in [0.717, 1.165) is 6.08 Å². The molecule has 0 aromatic heterocycles. The van der Waals surface area contributed by atoms with Crippen molar-refractivity contribution in [2.75, 3.05) is 11.9 Å². The molecule has 0 radical (unpaired) electrons. The van der Waals surface area contributed by atoms with E-state index in [0.29, 0.717) is 16.8 Å². The van der Waals surface area contributed by atoms with Gasteiger partial charge in [-0.3, -0.25) is 10.1 Å². The third-order valence-electron chi connectivity index (χ3n) is 4.08. The van der Waals surface area contributed by atoms with Gasteiger partial charge in [0.1, 0.15) is 11.9 Å². The molecule has 8 nitrogen and oxygen atoms in total. The molecule has 2 aromatic rings. The summed E-state index contributed by atoms with van der Waals surface area (Å²) in [6.45, 7) is 3.42. The van der Waals surface area contributed by atoms with E-state index in [1.807, 2.05) is 0 Å². The third kappa shape index (κ3) is 6.75. The molecule has 0 unspecified atom stereocenters. The summed E-state index contributed by atoms with van der Waals surface area (Å²) in [6.07, 6.45) is -0.440. The molecule has 2 rings (SSSR count). The zero-order valence-electron chi connectivity index (χ0n) is 16.6. The number of ketones is 1. The molecular formula is C22H23NO7. The number of amides is 1. The Morgan fingerprint density at radius 1 is 1.07 bits per heavy atom. The number of Topliss-reactive ketones (excluding diaryl/α,β-unsaturated/α-hetero) is 1. The third-order valence-corrected chi connectivity index (χ3v) is 4.08. The number of carboxylic acid groups (broad SMARTS) is 1. The van der Waals surface area contributed by atoms with Gasteiger partial charge in [-0.15, -0.1) is 0 Å². The fraction of sp³-hybridized carbons (Fsp3) is 0.227. The van der Waals surface area contributed by atoms with Crippen molar-refractivity contribution in [1.82, 2.24) is 0 Å². The summed E-state index contributed by atoms with van der Waals surface area (Å²) in [5, 5.41) is 21.0. The van der Waals surface area contributed by atoms with Crippen LogP contribution in [0.2, 0.25) is 0 Å². The first-order chi connectivity index (χ1) is 14.3. The maximum Gasteiger partial charge on any atom is 0.412 e. The number of anilines is 1. The minimum atomic E-state index is -1.17. The summed E-state index contributed by atoms with van der Waals surface area (Å²) in [4.78, 5) is 34.8. The minimum Gasteiger partial charge on any atom is -0.508 e. The van der Waals surface area contributed by atoms with Crippen LogP contribution in [0.1, 0.15) is 35.9 Å². The van der Waals surface area contributed by atoms with Crippen LogP contribution in [0.4, 0.5) is 10.5 Å². The van der Waals surface area contributed by atoms with E-state index < -0.39 is 24.3 Å². The Balaban J connectivity index is 2.24. The van der Waals surface area contributed by atoms with Gasteiger partial charge in [-0.25, -0.2) is 9.59 Å². The van der Waals surface area contributed by atoms with Gasteiger partial charge in [-0.1, -0.05) is 12.1 Å². The van der Waals surface area contributed by atoms with Crippen LogP contribution in [0.5, 0.6) is 5.75 Å². The molecule has 0 saturated carbocycles. The normalized spacial score (nSPS) is 12.9. The first-order valence-electron chi connectivity index (χ1n) is 9.20. The van der Waals surface area contributed by atoms with E-state index in [2.05, 4.69) is 5.32 Å². The van der Waals surface area contributed by atoms with Crippen molar-refractivity contribution >= 4 is 23.5 Å². The SMILES string of the molecule is CCO[C@@H](/C=C/C(=O)O)[C@@H](OC(=O)Nc1ccc(C(C)=O)cc1)c1ccc(O)cc1. The molecule has 0 heterocycles. The van der Waals surface area contributed by atoms with E-state index in [1.54, 1.807) is 43.3 Å². The number of ether oxygens (including phenoxy) is 2. The number of rotatable bonds is 9. The van der Waals surface area contributed by atoms with Crippen molar-refractivity contribution in [2.45, 2.75) is 26.1 Å². The largest absolute Gasteiger partial charge is 0.508 e. The predicted octanol–water partition coefficient (Wildman–Crippen LogP) is 3.93. The average Bonchev–Trinajstić information content (AvgIpc) is 2.70. The Morgan fingerprint density at radius 3 is 2.23 bits per heavy atom. The van der Waals surface area contributed by atoms with Gasteiger partial charge in [0.25, 0.3) is 0 Å². The highest BCUT2D eigenvalue weighted by Crippen LogP contribution is 2.27. The van der Waals surface area contributed by atoms with Crippen LogP contribution in [0, 0.1) is 0 Å². The Morgan fingerprint density at radius 2 is 1.70 bits per heavy atom. The number of hydrogen-bond acceptors (Lipinski definition) is 6. The number of benzene rings is 2. The molecule has 158 valence electrons. The molecule has 3 N–H and O–H groups in total. The predicted molar refractivity (Wildman–Crippen MR) is 110 cm³/mol. The smallest absolute Gasteiger partial charge is 0.412 e. The molecule has 0 fully saturated rings. The number of carbonyl (C=O) groups excluding carboxylic acids is 2. The van der Waals surface area contributed by atoms with Crippen LogP contribution in [-0.4, -0.2) is 40.8 Å². The Kier molecular flexibility index (Phi) is 8.13. The number of carboxylic acids is 1. The molecule has 2 atom stereocenters. The summed E-state index contributed by atoms with van der Waals surface area (Å²) < 4.78 is 11.1. The standard InChI is InChI=1S/C22H23NO7/c1-3-29-19(12-13-20(26)27)21(16-6-10-18(25)11-7-16)30-22(28)23-17-8-4-15(5-9-17)14(2)24/h4-13,19,21,25H,3H2,1-2H3,(H,23,28)(H,26,27)/b13-12+/t19-,21-/m0/s1. The molecule has 0 saturated heterocycles. The molecule has 0 bridgehead atoms. The molecule has 0 aliphatic rings. The van der Waals surface area contributed by atoms with Gasteiger partial charge in [0.2, 0.25) is 0 Å². The van der Waals surface area contributed by atoms with Crippen molar-refractivity contribution in [1.29, 1.82) is 0 Å². The lowest BCUT2D eigenvalue weighted by Crippen LogP contribution is -2.27. The zero-order chi connectivity index (χ0) is 22.1. The quantitative estimate of drug-likeness (QED) is 0.420. The monoisotopic (exact) mass is 413 g/mol. The topological polar surface area (TPSA) is 122 Å². The van der Waals surface area contributed by atoms with E-state index >= 15 is 0 Å². The number of nitrogens with one attached hydrogen (secondary N) is 1. The lowest BCUT2D eigenvalue weighted by molar-refractivity contribution is -0.131. The van der Waals surface area contributed by atoms with Crippen molar-refractivity contribution in [3.63, 3.8) is 0 Å². The number of phenols is 1. The first-order valence-corrected chi connectivity index (χ1v) is 9.20. The van der Waals surface area contributed by atoms with Gasteiger partial charge in [-0.2, -0.15) is 0 Å². The van der Waals surface area contributed by atoms with Gasteiger partial charge >= 0.3 is 12.1 Å². The van der Waals surface area contributed by atoms with Gasteiger partial charge < -0.3 is 19.7 Å². The number of carbonyl (C=O) groups is 3. The second-order valence-corrected chi connectivity index (χ2v) is 6.29. The second-order valence-electron chi connectivity index (χ2n) is 6.29. The summed E-state index contributed by atoms with van der Waals surface area (Å²) in [7, 11) is 0. The molecular weight excluding hydrogens is 390 g/mol. The highest BCUT2D eigenvalue weighted by atomic mass is 16.6. The number of aliphatic carboxylic acids is 1. The van der Waals surface area contributed by atoms with E-state index in [-0.39, 0.29) is 18.1 Å². The van der Waals surface area contributed by atoms with Crippen molar-refractivity contribution in [2.24, 2.45) is 0 Å². The molecule has 1 amide bonds. The van der Waals surface area contributed by atoms with Crippen LogP contribution < -0.4 is 5.32 Å². The van der Waals surface area contributed by atoms with Crippen LogP contribution in [0.3, 0.4) is 0 Å². The van der Waals surface area contributed by atoms with Gasteiger partial charge in [0.15, 0.2) is 11.9 Å². The molecule has 0 aliphatic heterocycles. The van der Waals surface area contributed by atoms with E-state index in [9.17, 15) is 19.5 Å². The average molecular weight is 413 g/mol. The Labute approximate surface area is 173 Å². The molecule has 2 aromatic carbocycles. The molecule has 30 heavy (non-hydrogen) atoms. The van der Waals surface area contributed by atoms with Crippen LogP contribution >= 0.6 is 0 Å². The van der Waals surface area contributed by atoms with Crippen molar-refractivity contribution in [3.8, 4) is 5.75 Å². The maximum atomic E-state index is 12.5. The van der Waals surface area contributed by atoms with Crippen LogP contribution in [0.25, 0.3) is 0 Å². The lowest BCUT2D eigenvalue weighted by atomic mass is 10.0. The second kappa shape index (κ2) is 10.8. The summed E-state index contributed by atoms with van der Waals surface area (Å²) in [5.74, 6) is -1.23. The van der Waals surface area contributed by atoms with Gasteiger partial charge in [-0.05, 0) is 61.9 Å². The fourth-order valence-corrected chi connectivity index (χ4v) is 2.65. The molecule has 0 aliphatic carbocycles. The Bertz CT molecular complexity index is 904. The van der Waals surface area contributed by atoms with E-state index in [4.69, 9.17) is 14.6 Å². The zero-order valence-corrected chi connectivity index (χ0v) is 16.6. The number of phenolic OH excluding ortho intramolecular Hbond substituents is 1. The van der Waals surface area contributed by atoms with Crippen molar-refractivity contribution < 1.29 is 34.1 Å². The maximum absolute atomic E-state index is 12.5. The summed E-state index contributed by atoms with van der Waals surface area (Å²) in [6, 6.07) is 12.2. The first kappa shape index (κ1) is 22.6. The highest BCUT2D eigenvalue weighted by Gasteiger charge is 2.26. The van der Waals surface area contributed by atoms with Crippen molar-refractivity contribution in [3.05, 3.63) is 71.8 Å². The molecule has 8 heteroatoms. The lowest BCUT2D eigenvalue weighted by Gasteiger charge is -2.25. The van der Waals surface area contributed by atoms with Gasteiger partial charge in [0, 0.05) is 23.9 Å². The minimum absolute atomic E-state index is 0.0292. The van der Waals surface area contributed by atoms with Gasteiger partial charge in [0.05, 0.1) is 0 Å². The molecule has 0 spiro atoms. The van der Waals surface area contributed by atoms with Crippen LogP contribution in [0.15, 0.2) is 60.7 Å². The van der Waals surface area contributed by atoms with Crippen LogP contribution in [-0.2, 0) is 14.3 Å². The Hall–Kier alpha value is -3.65. The summed E-state index contributed by atoms with van der Waals surface area (Å²) in [5.41, 5.74) is 1.43. The summed E-state index contributed by atoms with van der Waals surface area (Å²) >= 11 is 0. The number of aromatic hydroxyl groups is 1. The van der Waals surface area contributed by atoms with E-state index in [1.165, 1.54) is 25.1 Å². The number of hydrogen-bond donors (Lipinski definition) is 3. The highest BCUT2D eigenvalue weighted by molar-refractivity contribution is 5.95.